The monoisotopic (exact) mass is 458 g/mol. The van der Waals surface area contributed by atoms with Gasteiger partial charge in [0.1, 0.15) is 6.04 Å². The molecule has 0 spiro atoms. The van der Waals surface area contributed by atoms with Gasteiger partial charge < -0.3 is 15.0 Å². The molecule has 2 atom stereocenters. The first-order valence-electron chi connectivity index (χ1n) is 9.86. The number of hydrogen-bond donors (Lipinski definition) is 1. The Hall–Kier alpha value is -2.13. The van der Waals surface area contributed by atoms with Crippen molar-refractivity contribution in [3.8, 4) is 0 Å². The Morgan fingerprint density at radius 1 is 1.30 bits per heavy atom. The number of nitrogens with one attached hydrogen (secondary N) is 1. The largest absolute Gasteiger partial charge is 0.454 e. The molecule has 1 aliphatic heterocycles. The number of ether oxygens (including phenoxy) is 1. The summed E-state index contributed by atoms with van der Waals surface area (Å²) in [6.45, 7) is 3.31. The van der Waals surface area contributed by atoms with Gasteiger partial charge in [0.05, 0.1) is 22.1 Å². The maximum atomic E-state index is 12.6. The second-order valence-corrected chi connectivity index (χ2v) is 9.92. The molecule has 10 heteroatoms. The molecule has 2 amide bonds. The van der Waals surface area contributed by atoms with E-state index in [-0.39, 0.29) is 22.1 Å². The number of carbonyl (C=O) groups excluding carboxylic acids is 3. The number of nitrogens with zero attached hydrogens (tertiary/aromatic N) is 1. The zero-order chi connectivity index (χ0) is 22.3. The van der Waals surface area contributed by atoms with E-state index in [9.17, 15) is 22.8 Å². The molecule has 1 aromatic carbocycles. The van der Waals surface area contributed by atoms with Gasteiger partial charge in [0, 0.05) is 12.6 Å². The lowest BCUT2D eigenvalue weighted by atomic mass is 10.2. The number of esters is 1. The average Bonchev–Trinajstić information content (AvgIpc) is 3.05. The highest BCUT2D eigenvalue weighted by molar-refractivity contribution is 7.91. The molecular formula is C20H27ClN2O6S. The van der Waals surface area contributed by atoms with Crippen molar-refractivity contribution in [3.63, 3.8) is 0 Å². The Balaban J connectivity index is 1.91. The van der Waals surface area contributed by atoms with Crippen molar-refractivity contribution >= 4 is 39.2 Å². The second kappa shape index (κ2) is 10.8. The maximum absolute atomic E-state index is 12.6. The minimum absolute atomic E-state index is 0.0540. The number of halogens is 1. The topological polar surface area (TPSA) is 110 Å². The van der Waals surface area contributed by atoms with E-state index in [2.05, 4.69) is 5.32 Å². The zero-order valence-corrected chi connectivity index (χ0v) is 18.7. The molecular weight excluding hydrogens is 432 g/mol. The standard InChI is InChI=1S/C20H27ClN2O6S/c1-3-4-10-23(15-9-11-30(27,28)13-15)18(24)12-29-20(26)14(2)22-19(25)16-7-5-6-8-17(16)21/h5-8,14-15H,3-4,9-13H2,1-2H3,(H,22,25)/t14-,15?/m0/s1. The number of rotatable bonds is 9. The molecule has 8 nitrogen and oxygen atoms in total. The molecule has 0 aromatic heterocycles. The second-order valence-electron chi connectivity index (χ2n) is 7.28. The molecule has 0 aliphatic carbocycles. The van der Waals surface area contributed by atoms with E-state index in [0.29, 0.717) is 13.0 Å². The van der Waals surface area contributed by atoms with Gasteiger partial charge in [0.2, 0.25) is 0 Å². The summed E-state index contributed by atoms with van der Waals surface area (Å²) >= 11 is 5.97. The van der Waals surface area contributed by atoms with Crippen LogP contribution in [0.3, 0.4) is 0 Å². The van der Waals surface area contributed by atoms with Crippen LogP contribution in [0.1, 0.15) is 43.5 Å². The van der Waals surface area contributed by atoms with Crippen LogP contribution in [0.4, 0.5) is 0 Å². The first-order chi connectivity index (χ1) is 14.1. The fourth-order valence-electron chi connectivity index (χ4n) is 3.18. The summed E-state index contributed by atoms with van der Waals surface area (Å²) in [6.07, 6.45) is 1.95. The van der Waals surface area contributed by atoms with Crippen LogP contribution in [0.5, 0.6) is 0 Å². The predicted octanol–water partition coefficient (Wildman–Crippen LogP) is 1.82. The van der Waals surface area contributed by atoms with Crippen molar-refractivity contribution in [2.24, 2.45) is 0 Å². The Kier molecular flexibility index (Phi) is 8.66. The number of carbonyl (C=O) groups is 3. The first-order valence-corrected chi connectivity index (χ1v) is 12.1. The molecule has 1 aromatic rings. The molecule has 0 saturated carbocycles. The zero-order valence-electron chi connectivity index (χ0n) is 17.1. The van der Waals surface area contributed by atoms with Gasteiger partial charge in [-0.2, -0.15) is 0 Å². The molecule has 166 valence electrons. The minimum Gasteiger partial charge on any atom is -0.454 e. The van der Waals surface area contributed by atoms with Gasteiger partial charge in [-0.15, -0.1) is 0 Å². The first kappa shape index (κ1) is 24.1. The van der Waals surface area contributed by atoms with Gasteiger partial charge in [-0.25, -0.2) is 13.2 Å². The van der Waals surface area contributed by atoms with Gasteiger partial charge in [-0.3, -0.25) is 9.59 Å². The van der Waals surface area contributed by atoms with Crippen LogP contribution in [0.2, 0.25) is 5.02 Å². The fraction of sp³-hybridized carbons (Fsp3) is 0.550. The molecule has 1 unspecified atom stereocenters. The molecule has 0 bridgehead atoms. The van der Waals surface area contributed by atoms with Crippen LogP contribution < -0.4 is 5.32 Å². The molecule has 2 rings (SSSR count). The van der Waals surface area contributed by atoms with Crippen molar-refractivity contribution in [2.75, 3.05) is 24.7 Å². The number of unbranched alkanes of at least 4 members (excludes halogenated alkanes) is 1. The lowest BCUT2D eigenvalue weighted by molar-refractivity contribution is -0.154. The van der Waals surface area contributed by atoms with Gasteiger partial charge in [0.15, 0.2) is 16.4 Å². The molecule has 1 heterocycles. The summed E-state index contributed by atoms with van der Waals surface area (Å²) in [5, 5.41) is 2.74. The van der Waals surface area contributed by atoms with E-state index < -0.39 is 46.3 Å². The van der Waals surface area contributed by atoms with Gasteiger partial charge in [-0.1, -0.05) is 37.1 Å². The van der Waals surface area contributed by atoms with Crippen LogP contribution in [0.25, 0.3) is 0 Å². The highest BCUT2D eigenvalue weighted by Gasteiger charge is 2.34. The van der Waals surface area contributed by atoms with E-state index in [4.69, 9.17) is 16.3 Å². The summed E-state index contributed by atoms with van der Waals surface area (Å²) in [5.41, 5.74) is 0.225. The van der Waals surface area contributed by atoms with Crippen molar-refractivity contribution < 1.29 is 27.5 Å². The molecule has 30 heavy (non-hydrogen) atoms. The maximum Gasteiger partial charge on any atom is 0.328 e. The highest BCUT2D eigenvalue weighted by Crippen LogP contribution is 2.19. The lowest BCUT2D eigenvalue weighted by Gasteiger charge is -2.28. The lowest BCUT2D eigenvalue weighted by Crippen LogP contribution is -2.45. The SMILES string of the molecule is CCCCN(C(=O)COC(=O)[C@H](C)NC(=O)c1ccccc1Cl)C1CCS(=O)(=O)C1. The van der Waals surface area contributed by atoms with E-state index in [1.54, 1.807) is 18.2 Å². The van der Waals surface area contributed by atoms with Crippen LogP contribution >= 0.6 is 11.6 Å². The number of benzene rings is 1. The molecule has 1 N–H and O–H groups in total. The smallest absolute Gasteiger partial charge is 0.328 e. The van der Waals surface area contributed by atoms with Crippen LogP contribution in [0, 0.1) is 0 Å². The summed E-state index contributed by atoms with van der Waals surface area (Å²) < 4.78 is 28.6. The van der Waals surface area contributed by atoms with Crippen LogP contribution in [-0.4, -0.2) is 67.8 Å². The Labute approximate surface area is 181 Å². The Morgan fingerprint density at radius 2 is 2.00 bits per heavy atom. The van der Waals surface area contributed by atoms with Crippen molar-refractivity contribution in [1.82, 2.24) is 10.2 Å². The Morgan fingerprint density at radius 3 is 2.60 bits per heavy atom. The third kappa shape index (κ3) is 6.70. The summed E-state index contributed by atoms with van der Waals surface area (Å²) in [5.74, 6) is -1.75. The quantitative estimate of drug-likeness (QED) is 0.565. The van der Waals surface area contributed by atoms with Crippen molar-refractivity contribution in [3.05, 3.63) is 34.9 Å². The van der Waals surface area contributed by atoms with Gasteiger partial charge >= 0.3 is 5.97 Å². The highest BCUT2D eigenvalue weighted by atomic mass is 35.5. The minimum atomic E-state index is -3.15. The third-order valence-corrected chi connectivity index (χ3v) is 6.96. The van der Waals surface area contributed by atoms with Gasteiger partial charge in [-0.05, 0) is 31.9 Å². The molecule has 1 aliphatic rings. The fourth-order valence-corrected chi connectivity index (χ4v) is 5.13. The van der Waals surface area contributed by atoms with Gasteiger partial charge in [0.25, 0.3) is 11.8 Å². The average molecular weight is 459 g/mol. The van der Waals surface area contributed by atoms with Crippen molar-refractivity contribution in [2.45, 2.75) is 45.2 Å². The molecule has 1 saturated heterocycles. The molecule has 0 radical (unpaired) electrons. The molecule has 1 fully saturated rings. The van der Waals surface area contributed by atoms with E-state index in [0.717, 1.165) is 12.8 Å². The summed E-state index contributed by atoms with van der Waals surface area (Å²) in [7, 11) is -3.15. The normalized spacial score (nSPS) is 18.4. The number of amides is 2. The Bertz CT molecular complexity index is 889. The van der Waals surface area contributed by atoms with E-state index in [1.165, 1.54) is 17.9 Å². The van der Waals surface area contributed by atoms with Crippen LogP contribution in [0.15, 0.2) is 24.3 Å². The number of hydrogen-bond acceptors (Lipinski definition) is 6. The summed E-state index contributed by atoms with van der Waals surface area (Å²) in [6, 6.07) is 5.04. The van der Waals surface area contributed by atoms with Crippen LogP contribution in [-0.2, 0) is 24.2 Å². The van der Waals surface area contributed by atoms with E-state index in [1.807, 2.05) is 6.92 Å². The summed E-state index contributed by atoms with van der Waals surface area (Å²) in [4.78, 5) is 38.6. The third-order valence-electron chi connectivity index (χ3n) is 4.88. The predicted molar refractivity (Wildman–Crippen MR) is 113 cm³/mol. The van der Waals surface area contributed by atoms with E-state index >= 15 is 0 Å². The van der Waals surface area contributed by atoms with Crippen molar-refractivity contribution in [1.29, 1.82) is 0 Å². The number of sulfone groups is 1.